The summed E-state index contributed by atoms with van der Waals surface area (Å²) >= 11 is 2.98. The highest BCUT2D eigenvalue weighted by Crippen LogP contribution is 2.33. The minimum absolute atomic E-state index is 0.0218. The topological polar surface area (TPSA) is 70.5 Å². The molecule has 1 aliphatic heterocycles. The van der Waals surface area contributed by atoms with Gasteiger partial charge in [0, 0.05) is 13.1 Å². The summed E-state index contributed by atoms with van der Waals surface area (Å²) in [6, 6.07) is 3.94. The van der Waals surface area contributed by atoms with E-state index in [1.165, 1.54) is 11.3 Å². The van der Waals surface area contributed by atoms with Crippen molar-refractivity contribution in [2.24, 2.45) is 11.8 Å². The number of thiazole rings is 1. The van der Waals surface area contributed by atoms with Crippen molar-refractivity contribution in [2.45, 2.75) is 13.8 Å². The minimum atomic E-state index is -0.830. The highest BCUT2D eigenvalue weighted by atomic mass is 32.1. The summed E-state index contributed by atoms with van der Waals surface area (Å²) in [4.78, 5) is 31.7. The summed E-state index contributed by atoms with van der Waals surface area (Å²) in [6.07, 6.45) is 0. The van der Waals surface area contributed by atoms with Gasteiger partial charge in [0.2, 0.25) is 0 Å². The molecule has 5 nitrogen and oxygen atoms in total. The van der Waals surface area contributed by atoms with Gasteiger partial charge in [-0.05, 0) is 24.3 Å². The Labute approximate surface area is 136 Å². The predicted molar refractivity (Wildman–Crippen MR) is 86.4 cm³/mol. The monoisotopic (exact) mass is 336 g/mol. The molecule has 2 aromatic heterocycles. The van der Waals surface area contributed by atoms with E-state index in [0.717, 1.165) is 9.88 Å². The number of carbonyl (C=O) groups is 2. The van der Waals surface area contributed by atoms with Crippen molar-refractivity contribution in [1.82, 2.24) is 9.88 Å². The Kier molecular flexibility index (Phi) is 4.01. The summed E-state index contributed by atoms with van der Waals surface area (Å²) in [5, 5.41) is 12.0. The van der Waals surface area contributed by atoms with Gasteiger partial charge in [0.15, 0.2) is 0 Å². The van der Waals surface area contributed by atoms with Gasteiger partial charge in [-0.2, -0.15) is 0 Å². The SMILES string of the molecule is Cc1nc(-c2cccs2)sc1C(=O)N1C[C@@H](C)[C@H](C(=O)O)C1. The predicted octanol–water partition coefficient (Wildman–Crippen LogP) is 2.97. The maximum Gasteiger partial charge on any atom is 0.308 e. The fraction of sp³-hybridized carbons (Fsp3) is 0.400. The molecule has 1 saturated heterocycles. The van der Waals surface area contributed by atoms with Crippen LogP contribution < -0.4 is 0 Å². The van der Waals surface area contributed by atoms with Gasteiger partial charge in [0.25, 0.3) is 5.91 Å². The molecule has 1 N–H and O–H groups in total. The molecule has 2 aromatic rings. The third kappa shape index (κ3) is 2.66. The molecule has 116 valence electrons. The molecular formula is C15H16N2O3S2. The average molecular weight is 336 g/mol. The number of nitrogens with zero attached hydrogens (tertiary/aromatic N) is 2. The fourth-order valence-corrected chi connectivity index (χ4v) is 4.53. The van der Waals surface area contributed by atoms with E-state index in [2.05, 4.69) is 4.98 Å². The Morgan fingerprint density at radius 2 is 2.18 bits per heavy atom. The van der Waals surface area contributed by atoms with E-state index in [0.29, 0.717) is 17.1 Å². The van der Waals surface area contributed by atoms with Gasteiger partial charge in [-0.15, -0.1) is 22.7 Å². The summed E-state index contributed by atoms with van der Waals surface area (Å²) in [7, 11) is 0. The molecule has 22 heavy (non-hydrogen) atoms. The largest absolute Gasteiger partial charge is 0.481 e. The second-order valence-electron chi connectivity index (χ2n) is 5.54. The lowest BCUT2D eigenvalue weighted by Crippen LogP contribution is -2.29. The van der Waals surface area contributed by atoms with Gasteiger partial charge >= 0.3 is 5.97 Å². The van der Waals surface area contributed by atoms with Gasteiger partial charge < -0.3 is 10.0 Å². The van der Waals surface area contributed by atoms with Crippen molar-refractivity contribution in [2.75, 3.05) is 13.1 Å². The molecule has 0 radical (unpaired) electrons. The van der Waals surface area contributed by atoms with E-state index >= 15 is 0 Å². The third-order valence-corrected chi connectivity index (χ3v) is 6.12. The average Bonchev–Trinajstić information content (AvgIpc) is 3.16. The maximum atomic E-state index is 12.7. The van der Waals surface area contributed by atoms with E-state index in [9.17, 15) is 14.7 Å². The summed E-state index contributed by atoms with van der Waals surface area (Å²) in [5.41, 5.74) is 0.713. The lowest BCUT2D eigenvalue weighted by atomic mass is 9.99. The van der Waals surface area contributed by atoms with Crippen LogP contribution in [-0.4, -0.2) is 40.0 Å². The van der Waals surface area contributed by atoms with Crippen LogP contribution in [0.15, 0.2) is 17.5 Å². The summed E-state index contributed by atoms with van der Waals surface area (Å²) in [5.74, 6) is -1.43. The molecule has 0 aliphatic carbocycles. The number of amides is 1. The van der Waals surface area contributed by atoms with Crippen LogP contribution in [0.1, 0.15) is 22.3 Å². The Bertz CT molecular complexity index is 708. The molecule has 0 aromatic carbocycles. The van der Waals surface area contributed by atoms with Crippen LogP contribution in [0, 0.1) is 18.8 Å². The van der Waals surface area contributed by atoms with Crippen LogP contribution in [0.2, 0.25) is 0 Å². The molecule has 1 aliphatic rings. The first-order valence-corrected chi connectivity index (χ1v) is 8.70. The number of thiophene rings is 1. The zero-order valence-electron chi connectivity index (χ0n) is 12.3. The Morgan fingerprint density at radius 1 is 1.41 bits per heavy atom. The van der Waals surface area contributed by atoms with Crippen molar-refractivity contribution in [3.05, 3.63) is 28.1 Å². The standard InChI is InChI=1S/C15H16N2O3S2/c1-8-6-17(7-10(8)15(19)20)14(18)12-9(2)16-13(22-12)11-4-3-5-21-11/h3-5,8,10H,6-7H2,1-2H3,(H,19,20)/t8-,10-/m1/s1. The molecular weight excluding hydrogens is 320 g/mol. The number of carboxylic acids is 1. The van der Waals surface area contributed by atoms with Gasteiger partial charge in [-0.1, -0.05) is 13.0 Å². The lowest BCUT2D eigenvalue weighted by molar-refractivity contribution is -0.142. The molecule has 0 saturated carbocycles. The van der Waals surface area contributed by atoms with Crippen LogP contribution in [0.4, 0.5) is 0 Å². The smallest absolute Gasteiger partial charge is 0.308 e. The van der Waals surface area contributed by atoms with Gasteiger partial charge in [0.1, 0.15) is 9.88 Å². The molecule has 3 rings (SSSR count). The highest BCUT2D eigenvalue weighted by molar-refractivity contribution is 7.22. The number of aliphatic carboxylic acids is 1. The fourth-order valence-electron chi connectivity index (χ4n) is 2.70. The summed E-state index contributed by atoms with van der Waals surface area (Å²) in [6.45, 7) is 4.47. The van der Waals surface area contributed by atoms with Gasteiger partial charge in [0.05, 0.1) is 16.5 Å². The van der Waals surface area contributed by atoms with Crippen molar-refractivity contribution >= 4 is 34.6 Å². The number of likely N-dealkylation sites (tertiary alicyclic amines) is 1. The van der Waals surface area contributed by atoms with Crippen molar-refractivity contribution in [1.29, 1.82) is 0 Å². The third-order valence-electron chi connectivity index (χ3n) is 3.94. The van der Waals surface area contributed by atoms with Crippen LogP contribution in [0.5, 0.6) is 0 Å². The highest BCUT2D eigenvalue weighted by Gasteiger charge is 2.38. The Balaban J connectivity index is 1.83. The second kappa shape index (κ2) is 5.81. The molecule has 0 spiro atoms. The Morgan fingerprint density at radius 3 is 2.77 bits per heavy atom. The number of aryl methyl sites for hydroxylation is 1. The molecule has 0 bridgehead atoms. The van der Waals surface area contributed by atoms with Gasteiger partial charge in [-0.25, -0.2) is 4.98 Å². The molecule has 1 fully saturated rings. The van der Waals surface area contributed by atoms with Gasteiger partial charge in [-0.3, -0.25) is 9.59 Å². The number of hydrogen-bond donors (Lipinski definition) is 1. The Hall–Kier alpha value is -1.73. The maximum absolute atomic E-state index is 12.7. The van der Waals surface area contributed by atoms with Crippen molar-refractivity contribution in [3.8, 4) is 9.88 Å². The number of aromatic nitrogens is 1. The number of carboxylic acid groups (broad SMARTS) is 1. The molecule has 1 amide bonds. The van der Waals surface area contributed by atoms with E-state index in [4.69, 9.17) is 0 Å². The minimum Gasteiger partial charge on any atom is -0.481 e. The van der Waals surface area contributed by atoms with Crippen LogP contribution in [0.25, 0.3) is 9.88 Å². The first-order valence-electron chi connectivity index (χ1n) is 7.00. The van der Waals surface area contributed by atoms with Crippen molar-refractivity contribution < 1.29 is 14.7 Å². The van der Waals surface area contributed by atoms with E-state index in [1.54, 1.807) is 16.2 Å². The quantitative estimate of drug-likeness (QED) is 0.935. The second-order valence-corrected chi connectivity index (χ2v) is 7.49. The molecule has 7 heteroatoms. The van der Waals surface area contributed by atoms with Crippen molar-refractivity contribution in [3.63, 3.8) is 0 Å². The number of rotatable bonds is 3. The van der Waals surface area contributed by atoms with Crippen LogP contribution >= 0.6 is 22.7 Å². The van der Waals surface area contributed by atoms with Crippen LogP contribution in [0.3, 0.4) is 0 Å². The summed E-state index contributed by atoms with van der Waals surface area (Å²) < 4.78 is 0. The van der Waals surface area contributed by atoms with Crippen LogP contribution in [-0.2, 0) is 4.79 Å². The zero-order chi connectivity index (χ0) is 15.9. The zero-order valence-corrected chi connectivity index (χ0v) is 13.9. The number of hydrogen-bond acceptors (Lipinski definition) is 5. The normalized spacial score (nSPS) is 21.3. The molecule has 3 heterocycles. The van der Waals surface area contributed by atoms with E-state index in [1.807, 2.05) is 31.4 Å². The number of carbonyl (C=O) groups excluding carboxylic acids is 1. The first kappa shape index (κ1) is 15.2. The molecule has 0 unspecified atom stereocenters. The van der Waals surface area contributed by atoms with E-state index in [-0.39, 0.29) is 18.4 Å². The van der Waals surface area contributed by atoms with E-state index < -0.39 is 11.9 Å². The molecule has 2 atom stereocenters. The first-order chi connectivity index (χ1) is 10.5. The lowest BCUT2D eigenvalue weighted by Gasteiger charge is -2.14.